The van der Waals surface area contributed by atoms with Crippen LogP contribution >= 0.6 is 0 Å². The van der Waals surface area contributed by atoms with Gasteiger partial charge < -0.3 is 10.1 Å². The lowest BCUT2D eigenvalue weighted by molar-refractivity contribution is -0.0681. The number of unbranched alkanes of at least 4 members (excludes halogenated alkanes) is 1. The van der Waals surface area contributed by atoms with E-state index in [2.05, 4.69) is 39.2 Å². The Morgan fingerprint density at radius 1 is 1.27 bits per heavy atom. The molecule has 1 aliphatic heterocycles. The second-order valence-electron chi connectivity index (χ2n) is 5.99. The van der Waals surface area contributed by atoms with E-state index in [-0.39, 0.29) is 0 Å². The number of nitrogens with one attached hydrogen (secondary N) is 1. The van der Waals surface area contributed by atoms with Crippen molar-refractivity contribution >= 4 is 11.5 Å². The first-order chi connectivity index (χ1) is 10.7. The molecule has 0 amide bonds. The molecule has 0 bridgehead atoms. The summed E-state index contributed by atoms with van der Waals surface area (Å²) in [5, 5.41) is 11.3. The fourth-order valence-corrected chi connectivity index (χ4v) is 3.02. The monoisotopic (exact) mass is 304 g/mol. The van der Waals surface area contributed by atoms with Gasteiger partial charge in [-0.05, 0) is 33.2 Å². The van der Waals surface area contributed by atoms with Gasteiger partial charge in [-0.1, -0.05) is 0 Å². The Balaban J connectivity index is 1.40. The number of anilines is 1. The molecule has 3 rings (SSSR count). The number of aromatic nitrogens is 4. The summed E-state index contributed by atoms with van der Waals surface area (Å²) in [5.41, 5.74) is 0.776. The van der Waals surface area contributed by atoms with E-state index in [0.29, 0.717) is 12.2 Å². The van der Waals surface area contributed by atoms with Crippen LogP contribution in [0.2, 0.25) is 0 Å². The third-order valence-electron chi connectivity index (χ3n) is 3.90. The van der Waals surface area contributed by atoms with Crippen LogP contribution in [0.3, 0.4) is 0 Å². The van der Waals surface area contributed by atoms with Crippen LogP contribution in [0, 0.1) is 0 Å². The number of hydrogen-bond donors (Lipinski definition) is 1. The third kappa shape index (κ3) is 3.72. The molecule has 0 unspecified atom stereocenters. The third-order valence-corrected chi connectivity index (χ3v) is 3.90. The fraction of sp³-hybridized carbons (Fsp3) is 0.667. The predicted octanol–water partition coefficient (Wildman–Crippen LogP) is 1.43. The Morgan fingerprint density at radius 2 is 2.09 bits per heavy atom. The number of hydrogen-bond acceptors (Lipinski definition) is 6. The zero-order valence-corrected chi connectivity index (χ0v) is 13.3. The van der Waals surface area contributed by atoms with Crippen LogP contribution in [-0.4, -0.2) is 62.9 Å². The van der Waals surface area contributed by atoms with Gasteiger partial charge >= 0.3 is 0 Å². The Bertz CT molecular complexity index is 590. The standard InChI is InChI=1S/C15H24N6O/c1-12-9-20(10-13(2)22-12)7-4-3-5-16-14-15-19-18-11-21(15)8-6-17-14/h6,8,11-13H,3-5,7,9-10H2,1-2H3,(H,16,17)/t12-,13-/m0/s1. The molecule has 1 N–H and O–H groups in total. The van der Waals surface area contributed by atoms with E-state index < -0.39 is 0 Å². The van der Waals surface area contributed by atoms with E-state index in [4.69, 9.17) is 4.74 Å². The van der Waals surface area contributed by atoms with Crippen LogP contribution in [0.5, 0.6) is 0 Å². The molecular formula is C15H24N6O. The first-order valence-corrected chi connectivity index (χ1v) is 7.98. The van der Waals surface area contributed by atoms with Crippen LogP contribution in [0.15, 0.2) is 18.7 Å². The summed E-state index contributed by atoms with van der Waals surface area (Å²) in [6.07, 6.45) is 8.26. The van der Waals surface area contributed by atoms with Crippen molar-refractivity contribution in [1.29, 1.82) is 0 Å². The molecule has 2 aromatic rings. The Hall–Kier alpha value is -1.73. The summed E-state index contributed by atoms with van der Waals surface area (Å²) in [5.74, 6) is 0.800. The first kappa shape index (κ1) is 15.2. The summed E-state index contributed by atoms with van der Waals surface area (Å²) in [6.45, 7) is 8.40. The van der Waals surface area contributed by atoms with Crippen LogP contribution in [0.4, 0.5) is 5.82 Å². The summed E-state index contributed by atoms with van der Waals surface area (Å²) in [6, 6.07) is 0. The van der Waals surface area contributed by atoms with Gasteiger partial charge in [0.25, 0.3) is 0 Å². The van der Waals surface area contributed by atoms with Gasteiger partial charge in [-0.2, -0.15) is 0 Å². The average molecular weight is 304 g/mol. The minimum atomic E-state index is 0.344. The average Bonchev–Trinajstić information content (AvgIpc) is 2.95. The number of nitrogens with zero attached hydrogens (tertiary/aromatic N) is 5. The SMILES string of the molecule is C[C@H]1CN(CCCCNc2nccn3cnnc23)C[C@H](C)O1. The highest BCUT2D eigenvalue weighted by Crippen LogP contribution is 2.12. The largest absolute Gasteiger partial charge is 0.373 e. The molecule has 0 aliphatic carbocycles. The van der Waals surface area contributed by atoms with E-state index >= 15 is 0 Å². The van der Waals surface area contributed by atoms with Crippen molar-refractivity contribution in [2.75, 3.05) is 31.5 Å². The van der Waals surface area contributed by atoms with Crippen molar-refractivity contribution in [2.24, 2.45) is 0 Å². The maximum atomic E-state index is 5.76. The van der Waals surface area contributed by atoms with Gasteiger partial charge in [-0.3, -0.25) is 9.30 Å². The van der Waals surface area contributed by atoms with Gasteiger partial charge in [-0.15, -0.1) is 10.2 Å². The lowest BCUT2D eigenvalue weighted by atomic mass is 10.2. The van der Waals surface area contributed by atoms with Gasteiger partial charge in [0.1, 0.15) is 6.33 Å². The van der Waals surface area contributed by atoms with Crippen molar-refractivity contribution in [3.63, 3.8) is 0 Å². The molecular weight excluding hydrogens is 280 g/mol. The van der Waals surface area contributed by atoms with Crippen molar-refractivity contribution in [3.05, 3.63) is 18.7 Å². The quantitative estimate of drug-likeness (QED) is 0.814. The highest BCUT2D eigenvalue weighted by molar-refractivity contribution is 5.61. The summed E-state index contributed by atoms with van der Waals surface area (Å²) in [4.78, 5) is 6.82. The molecule has 22 heavy (non-hydrogen) atoms. The number of fused-ring (bicyclic) bond motifs is 1. The number of rotatable bonds is 6. The Kier molecular flexibility index (Phi) is 4.84. The molecule has 0 saturated carbocycles. The maximum Gasteiger partial charge on any atom is 0.203 e. The molecule has 3 heterocycles. The van der Waals surface area contributed by atoms with Crippen LogP contribution in [-0.2, 0) is 4.74 Å². The summed E-state index contributed by atoms with van der Waals surface area (Å²) >= 11 is 0. The van der Waals surface area contributed by atoms with Gasteiger partial charge in [0.05, 0.1) is 12.2 Å². The number of ether oxygens (including phenoxy) is 1. The van der Waals surface area contributed by atoms with Crippen LogP contribution < -0.4 is 5.32 Å². The Labute approximate surface area is 130 Å². The molecule has 0 spiro atoms. The van der Waals surface area contributed by atoms with Gasteiger partial charge in [0.2, 0.25) is 5.65 Å². The molecule has 0 aromatic carbocycles. The smallest absolute Gasteiger partial charge is 0.203 e. The normalized spacial score (nSPS) is 23.0. The van der Waals surface area contributed by atoms with Crippen LogP contribution in [0.1, 0.15) is 26.7 Å². The first-order valence-electron chi connectivity index (χ1n) is 7.98. The summed E-state index contributed by atoms with van der Waals surface area (Å²) < 4.78 is 7.62. The summed E-state index contributed by atoms with van der Waals surface area (Å²) in [7, 11) is 0. The van der Waals surface area contributed by atoms with Gasteiger partial charge in [-0.25, -0.2) is 4.98 Å². The minimum Gasteiger partial charge on any atom is -0.373 e. The molecule has 0 radical (unpaired) electrons. The van der Waals surface area contributed by atoms with E-state index in [9.17, 15) is 0 Å². The molecule has 2 aromatic heterocycles. The molecule has 7 heteroatoms. The molecule has 2 atom stereocenters. The highest BCUT2D eigenvalue weighted by atomic mass is 16.5. The maximum absolute atomic E-state index is 5.76. The number of morpholine rings is 1. The minimum absolute atomic E-state index is 0.344. The zero-order valence-electron chi connectivity index (χ0n) is 13.3. The zero-order chi connectivity index (χ0) is 15.4. The lowest BCUT2D eigenvalue weighted by Crippen LogP contribution is -2.45. The van der Waals surface area contributed by atoms with Crippen molar-refractivity contribution < 1.29 is 4.74 Å². The van der Waals surface area contributed by atoms with E-state index in [1.807, 2.05) is 10.6 Å². The molecule has 7 nitrogen and oxygen atoms in total. The second kappa shape index (κ2) is 7.02. The van der Waals surface area contributed by atoms with Crippen molar-refractivity contribution in [2.45, 2.75) is 38.9 Å². The Morgan fingerprint density at radius 3 is 2.91 bits per heavy atom. The molecule has 1 aliphatic rings. The highest BCUT2D eigenvalue weighted by Gasteiger charge is 2.21. The second-order valence-corrected chi connectivity index (χ2v) is 5.99. The van der Waals surface area contributed by atoms with Crippen molar-refractivity contribution in [1.82, 2.24) is 24.5 Å². The van der Waals surface area contributed by atoms with Gasteiger partial charge in [0, 0.05) is 32.0 Å². The van der Waals surface area contributed by atoms with E-state index in [1.165, 1.54) is 6.42 Å². The molecule has 1 saturated heterocycles. The fourth-order valence-electron chi connectivity index (χ4n) is 3.02. The molecule has 120 valence electrons. The predicted molar refractivity (Wildman–Crippen MR) is 85.0 cm³/mol. The van der Waals surface area contributed by atoms with E-state index in [1.54, 1.807) is 12.5 Å². The lowest BCUT2D eigenvalue weighted by Gasteiger charge is -2.35. The molecule has 1 fully saturated rings. The van der Waals surface area contributed by atoms with Crippen molar-refractivity contribution in [3.8, 4) is 0 Å². The van der Waals surface area contributed by atoms with E-state index in [0.717, 1.165) is 44.1 Å². The van der Waals surface area contributed by atoms with Crippen LogP contribution in [0.25, 0.3) is 5.65 Å². The van der Waals surface area contributed by atoms with Gasteiger partial charge in [0.15, 0.2) is 5.82 Å². The topological polar surface area (TPSA) is 67.6 Å².